The van der Waals surface area contributed by atoms with Gasteiger partial charge in [-0.05, 0) is 30.5 Å². The van der Waals surface area contributed by atoms with Crippen LogP contribution in [-0.2, 0) is 10.3 Å². The molecule has 0 saturated heterocycles. The van der Waals surface area contributed by atoms with Crippen LogP contribution in [0.3, 0.4) is 0 Å². The number of hydrogen-bond donors (Lipinski definition) is 2. The van der Waals surface area contributed by atoms with Crippen LogP contribution in [0.4, 0.5) is 0 Å². The first-order valence-electron chi connectivity index (χ1n) is 6.39. The van der Waals surface area contributed by atoms with E-state index in [4.69, 9.17) is 23.2 Å². The van der Waals surface area contributed by atoms with Gasteiger partial charge in [-0.1, -0.05) is 36.6 Å². The molecule has 1 aromatic carbocycles. The number of alkyl halides is 1. The van der Waals surface area contributed by atoms with Crippen LogP contribution in [0.25, 0.3) is 0 Å². The fraction of sp³-hybridized carbons (Fsp3) is 0.500. The van der Waals surface area contributed by atoms with Crippen LogP contribution in [0, 0.1) is 0 Å². The summed E-state index contributed by atoms with van der Waals surface area (Å²) in [5, 5.41) is 13.9. The molecule has 1 fully saturated rings. The lowest BCUT2D eigenvalue weighted by atomic mass is 9.74. The van der Waals surface area contributed by atoms with E-state index in [0.717, 1.165) is 18.4 Å². The van der Waals surface area contributed by atoms with Gasteiger partial charge in [-0.15, -0.1) is 11.6 Å². The predicted molar refractivity (Wildman–Crippen MR) is 76.5 cm³/mol. The molecule has 104 valence electrons. The highest BCUT2D eigenvalue weighted by Gasteiger charge is 2.42. The quantitative estimate of drug-likeness (QED) is 0.844. The highest BCUT2D eigenvalue weighted by molar-refractivity contribution is 6.30. The van der Waals surface area contributed by atoms with Crippen molar-refractivity contribution in [2.24, 2.45) is 0 Å². The van der Waals surface area contributed by atoms with E-state index in [2.05, 4.69) is 5.32 Å². The SMILES string of the molecule is O=C(CCl)NC1(c2ccc(Cl)cc2)CCCCC1O. The number of amides is 1. The zero-order valence-corrected chi connectivity index (χ0v) is 12.0. The molecule has 1 aliphatic carbocycles. The van der Waals surface area contributed by atoms with E-state index in [9.17, 15) is 9.90 Å². The van der Waals surface area contributed by atoms with Crippen LogP contribution in [0.5, 0.6) is 0 Å². The number of halogens is 2. The van der Waals surface area contributed by atoms with Gasteiger partial charge in [0, 0.05) is 5.02 Å². The maximum atomic E-state index is 11.7. The van der Waals surface area contributed by atoms with Crippen LogP contribution in [0.1, 0.15) is 31.2 Å². The van der Waals surface area contributed by atoms with Gasteiger partial charge in [0.1, 0.15) is 5.88 Å². The maximum absolute atomic E-state index is 11.7. The zero-order chi connectivity index (χ0) is 13.9. The van der Waals surface area contributed by atoms with E-state index >= 15 is 0 Å². The van der Waals surface area contributed by atoms with Crippen LogP contribution >= 0.6 is 23.2 Å². The minimum absolute atomic E-state index is 0.109. The molecule has 1 aromatic rings. The molecule has 3 nitrogen and oxygen atoms in total. The normalized spacial score (nSPS) is 27.0. The summed E-state index contributed by atoms with van der Waals surface area (Å²) in [5.41, 5.74) is 0.136. The second-order valence-electron chi connectivity index (χ2n) is 4.92. The van der Waals surface area contributed by atoms with Crippen molar-refractivity contribution in [3.8, 4) is 0 Å². The third-order valence-corrected chi connectivity index (χ3v) is 4.21. The fourth-order valence-electron chi connectivity index (χ4n) is 2.74. The van der Waals surface area contributed by atoms with Gasteiger partial charge in [-0.2, -0.15) is 0 Å². The van der Waals surface area contributed by atoms with Gasteiger partial charge >= 0.3 is 0 Å². The summed E-state index contributed by atoms with van der Waals surface area (Å²) in [5.74, 6) is -0.375. The third-order valence-electron chi connectivity index (χ3n) is 3.71. The molecule has 5 heteroatoms. The molecule has 2 rings (SSSR count). The lowest BCUT2D eigenvalue weighted by Gasteiger charge is -2.42. The first-order valence-corrected chi connectivity index (χ1v) is 7.31. The molecule has 0 heterocycles. The summed E-state index contributed by atoms with van der Waals surface area (Å²) in [6.45, 7) is 0. The Kier molecular flexibility index (Phi) is 4.71. The zero-order valence-electron chi connectivity index (χ0n) is 10.5. The van der Waals surface area contributed by atoms with E-state index in [1.165, 1.54) is 0 Å². The molecule has 0 spiro atoms. The third kappa shape index (κ3) is 3.04. The van der Waals surface area contributed by atoms with Gasteiger partial charge in [-0.3, -0.25) is 4.79 Å². The van der Waals surface area contributed by atoms with E-state index in [0.29, 0.717) is 17.9 Å². The predicted octanol–water partition coefficient (Wildman–Crippen LogP) is 2.83. The van der Waals surface area contributed by atoms with Gasteiger partial charge in [0.15, 0.2) is 0 Å². The number of hydrogen-bond acceptors (Lipinski definition) is 2. The molecule has 1 saturated carbocycles. The minimum Gasteiger partial charge on any atom is -0.390 e. The van der Waals surface area contributed by atoms with Crippen molar-refractivity contribution in [2.45, 2.75) is 37.3 Å². The van der Waals surface area contributed by atoms with E-state index in [-0.39, 0.29) is 11.8 Å². The Morgan fingerprint density at radius 3 is 2.63 bits per heavy atom. The number of benzene rings is 1. The summed E-state index contributed by atoms with van der Waals surface area (Å²) >= 11 is 11.5. The van der Waals surface area contributed by atoms with E-state index in [1.807, 2.05) is 12.1 Å². The summed E-state index contributed by atoms with van der Waals surface area (Å²) in [6, 6.07) is 7.25. The summed E-state index contributed by atoms with van der Waals surface area (Å²) in [4.78, 5) is 11.7. The smallest absolute Gasteiger partial charge is 0.235 e. The molecular weight excluding hydrogens is 285 g/mol. The Hall–Kier alpha value is -0.770. The van der Waals surface area contributed by atoms with Crippen molar-refractivity contribution >= 4 is 29.1 Å². The van der Waals surface area contributed by atoms with Crippen LogP contribution < -0.4 is 5.32 Å². The molecule has 19 heavy (non-hydrogen) atoms. The van der Waals surface area contributed by atoms with Crippen LogP contribution in [0.2, 0.25) is 5.02 Å². The van der Waals surface area contributed by atoms with Gasteiger partial charge < -0.3 is 10.4 Å². The Bertz CT molecular complexity index is 449. The van der Waals surface area contributed by atoms with Gasteiger partial charge in [0.05, 0.1) is 11.6 Å². The Morgan fingerprint density at radius 2 is 2.05 bits per heavy atom. The van der Waals surface area contributed by atoms with Crippen molar-refractivity contribution in [3.63, 3.8) is 0 Å². The number of aliphatic hydroxyl groups excluding tert-OH is 1. The largest absolute Gasteiger partial charge is 0.390 e. The average Bonchev–Trinajstić information content (AvgIpc) is 2.42. The second kappa shape index (κ2) is 6.12. The molecular formula is C14H17Cl2NO2. The van der Waals surface area contributed by atoms with Crippen molar-refractivity contribution in [1.29, 1.82) is 0 Å². The first-order chi connectivity index (χ1) is 9.08. The topological polar surface area (TPSA) is 49.3 Å². The van der Waals surface area contributed by atoms with Gasteiger partial charge in [-0.25, -0.2) is 0 Å². The Balaban J connectivity index is 2.37. The Morgan fingerprint density at radius 1 is 1.37 bits per heavy atom. The van der Waals surface area contributed by atoms with E-state index in [1.54, 1.807) is 12.1 Å². The molecule has 1 aliphatic rings. The van der Waals surface area contributed by atoms with E-state index < -0.39 is 11.6 Å². The molecule has 0 bridgehead atoms. The number of aliphatic hydroxyl groups is 1. The highest BCUT2D eigenvalue weighted by Crippen LogP contribution is 2.37. The first kappa shape index (κ1) is 14.6. The highest BCUT2D eigenvalue weighted by atomic mass is 35.5. The van der Waals surface area contributed by atoms with Gasteiger partial charge in [0.2, 0.25) is 5.91 Å². The van der Waals surface area contributed by atoms with Crippen molar-refractivity contribution in [1.82, 2.24) is 5.32 Å². The molecule has 0 aromatic heterocycles. The van der Waals surface area contributed by atoms with Crippen molar-refractivity contribution < 1.29 is 9.90 Å². The molecule has 0 aliphatic heterocycles. The fourth-order valence-corrected chi connectivity index (χ4v) is 2.93. The molecule has 0 radical (unpaired) electrons. The number of carbonyl (C=O) groups excluding carboxylic acids is 1. The standard InChI is InChI=1S/C14H17Cl2NO2/c15-9-13(19)17-14(8-2-1-3-12(14)18)10-4-6-11(16)7-5-10/h4-7,12,18H,1-3,8-9H2,(H,17,19). The average molecular weight is 302 g/mol. The summed E-state index contributed by atoms with van der Waals surface area (Å²) < 4.78 is 0. The summed E-state index contributed by atoms with van der Waals surface area (Å²) in [6.07, 6.45) is 2.70. The van der Waals surface area contributed by atoms with Crippen LogP contribution in [0.15, 0.2) is 24.3 Å². The van der Waals surface area contributed by atoms with Crippen molar-refractivity contribution in [2.75, 3.05) is 5.88 Å². The second-order valence-corrected chi connectivity index (χ2v) is 5.63. The molecule has 2 unspecified atom stereocenters. The number of rotatable bonds is 3. The van der Waals surface area contributed by atoms with Crippen molar-refractivity contribution in [3.05, 3.63) is 34.9 Å². The van der Waals surface area contributed by atoms with Crippen LogP contribution in [-0.4, -0.2) is 23.0 Å². The minimum atomic E-state index is -0.741. The lowest BCUT2D eigenvalue weighted by molar-refractivity contribution is -0.123. The molecule has 1 amide bonds. The molecule has 2 atom stereocenters. The monoisotopic (exact) mass is 301 g/mol. The van der Waals surface area contributed by atoms with Gasteiger partial charge in [0.25, 0.3) is 0 Å². The maximum Gasteiger partial charge on any atom is 0.235 e. The summed E-state index contributed by atoms with van der Waals surface area (Å²) in [7, 11) is 0. The number of carbonyl (C=O) groups is 1. The Labute approximate surface area is 122 Å². The number of nitrogens with one attached hydrogen (secondary N) is 1. The lowest BCUT2D eigenvalue weighted by Crippen LogP contribution is -2.55. The molecule has 2 N–H and O–H groups in total.